The molecule has 0 saturated carbocycles. The summed E-state index contributed by atoms with van der Waals surface area (Å²) in [5.74, 6) is 1.32. The molecule has 0 aliphatic carbocycles. The van der Waals surface area contributed by atoms with Crippen molar-refractivity contribution in [2.24, 2.45) is 0 Å². The summed E-state index contributed by atoms with van der Waals surface area (Å²) in [6.45, 7) is 1.90. The van der Waals surface area contributed by atoms with Crippen molar-refractivity contribution < 1.29 is 9.53 Å². The summed E-state index contributed by atoms with van der Waals surface area (Å²) in [6, 6.07) is 14.6. The summed E-state index contributed by atoms with van der Waals surface area (Å²) in [7, 11) is 1.60. The number of aromatic nitrogens is 2. The number of ether oxygens (including phenoxy) is 1. The number of carbonyl (C=O) groups is 1. The fraction of sp³-hybridized carbons (Fsp3) is 0.176. The monoisotopic (exact) mass is 295 g/mol. The molecule has 5 nitrogen and oxygen atoms in total. The number of para-hydroxylation sites is 2. The lowest BCUT2D eigenvalue weighted by Crippen LogP contribution is -2.27. The molecule has 0 unspecified atom stereocenters. The molecule has 0 spiro atoms. The van der Waals surface area contributed by atoms with Gasteiger partial charge in [0.25, 0.3) is 5.91 Å². The Balaban J connectivity index is 1.74. The van der Waals surface area contributed by atoms with Gasteiger partial charge in [-0.2, -0.15) is 0 Å². The van der Waals surface area contributed by atoms with Gasteiger partial charge < -0.3 is 15.0 Å². The molecule has 0 bridgehead atoms. The second-order valence-corrected chi connectivity index (χ2v) is 5.06. The van der Waals surface area contributed by atoms with Crippen molar-refractivity contribution in [1.82, 2.24) is 15.3 Å². The van der Waals surface area contributed by atoms with Gasteiger partial charge in [-0.15, -0.1) is 0 Å². The summed E-state index contributed by atoms with van der Waals surface area (Å²) in [5, 5.41) is 2.94. The SMILES string of the molecule is COc1ccc(C(=O)N[C@@H](C)c2nc3ccccc3[nH]2)cc1. The molecule has 0 saturated heterocycles. The lowest BCUT2D eigenvalue weighted by atomic mass is 10.2. The molecule has 112 valence electrons. The standard InChI is InChI=1S/C17H17N3O2/c1-11(16-19-14-5-3-4-6-15(14)20-16)18-17(21)12-7-9-13(22-2)10-8-12/h3-11H,1-2H3,(H,18,21)(H,19,20)/t11-/m0/s1. The van der Waals surface area contributed by atoms with E-state index in [0.717, 1.165) is 22.6 Å². The van der Waals surface area contributed by atoms with Gasteiger partial charge in [0.1, 0.15) is 11.6 Å². The predicted octanol–water partition coefficient (Wildman–Crippen LogP) is 3.06. The van der Waals surface area contributed by atoms with E-state index in [0.29, 0.717) is 5.56 Å². The Morgan fingerprint density at radius 3 is 2.59 bits per heavy atom. The second-order valence-electron chi connectivity index (χ2n) is 5.06. The lowest BCUT2D eigenvalue weighted by Gasteiger charge is -2.11. The third kappa shape index (κ3) is 2.79. The van der Waals surface area contributed by atoms with Crippen LogP contribution in [0.15, 0.2) is 48.5 Å². The number of H-pyrrole nitrogens is 1. The first kappa shape index (κ1) is 14.1. The van der Waals surface area contributed by atoms with Crippen molar-refractivity contribution in [3.8, 4) is 5.75 Å². The zero-order valence-electron chi connectivity index (χ0n) is 12.5. The Labute approximate surface area is 128 Å². The van der Waals surface area contributed by atoms with Crippen LogP contribution >= 0.6 is 0 Å². The third-order valence-corrected chi connectivity index (χ3v) is 3.52. The van der Waals surface area contributed by atoms with Crippen LogP contribution in [0.1, 0.15) is 29.1 Å². The van der Waals surface area contributed by atoms with Gasteiger partial charge in [-0.3, -0.25) is 4.79 Å². The smallest absolute Gasteiger partial charge is 0.251 e. The average Bonchev–Trinajstić information content (AvgIpc) is 2.99. The van der Waals surface area contributed by atoms with E-state index < -0.39 is 0 Å². The Bertz CT molecular complexity index is 760. The lowest BCUT2D eigenvalue weighted by molar-refractivity contribution is 0.0938. The van der Waals surface area contributed by atoms with Gasteiger partial charge in [-0.05, 0) is 43.3 Å². The highest BCUT2D eigenvalue weighted by Gasteiger charge is 2.14. The largest absolute Gasteiger partial charge is 0.497 e. The minimum atomic E-state index is -0.206. The Kier molecular flexibility index (Phi) is 3.78. The highest BCUT2D eigenvalue weighted by Crippen LogP contribution is 2.17. The highest BCUT2D eigenvalue weighted by atomic mass is 16.5. The van der Waals surface area contributed by atoms with Gasteiger partial charge in [0.05, 0.1) is 24.2 Å². The van der Waals surface area contributed by atoms with Crippen LogP contribution in [0.5, 0.6) is 5.75 Å². The predicted molar refractivity (Wildman–Crippen MR) is 85.0 cm³/mol. The molecule has 1 amide bonds. The molecule has 1 heterocycles. The van der Waals surface area contributed by atoms with E-state index in [1.54, 1.807) is 31.4 Å². The van der Waals surface area contributed by atoms with E-state index >= 15 is 0 Å². The second kappa shape index (κ2) is 5.89. The number of amides is 1. The molecular weight excluding hydrogens is 278 g/mol. The third-order valence-electron chi connectivity index (χ3n) is 3.52. The first-order valence-corrected chi connectivity index (χ1v) is 7.07. The fourth-order valence-electron chi connectivity index (χ4n) is 2.27. The van der Waals surface area contributed by atoms with E-state index in [1.807, 2.05) is 31.2 Å². The molecule has 22 heavy (non-hydrogen) atoms. The van der Waals surface area contributed by atoms with E-state index in [1.165, 1.54) is 0 Å². The average molecular weight is 295 g/mol. The molecule has 0 aliphatic rings. The molecule has 2 N–H and O–H groups in total. The van der Waals surface area contributed by atoms with Crippen molar-refractivity contribution in [3.63, 3.8) is 0 Å². The van der Waals surface area contributed by atoms with E-state index in [4.69, 9.17) is 4.74 Å². The molecule has 5 heteroatoms. The van der Waals surface area contributed by atoms with Gasteiger partial charge in [-0.1, -0.05) is 12.1 Å². The van der Waals surface area contributed by atoms with Gasteiger partial charge in [-0.25, -0.2) is 4.98 Å². The van der Waals surface area contributed by atoms with Crippen molar-refractivity contribution in [2.45, 2.75) is 13.0 Å². The summed E-state index contributed by atoms with van der Waals surface area (Å²) >= 11 is 0. The quantitative estimate of drug-likeness (QED) is 0.777. The Morgan fingerprint density at radius 2 is 1.91 bits per heavy atom. The number of methoxy groups -OCH3 is 1. The van der Waals surface area contributed by atoms with Crippen LogP contribution in [-0.2, 0) is 0 Å². The van der Waals surface area contributed by atoms with E-state index in [-0.39, 0.29) is 11.9 Å². The molecule has 0 radical (unpaired) electrons. The molecule has 0 aliphatic heterocycles. The van der Waals surface area contributed by atoms with Crippen molar-refractivity contribution in [1.29, 1.82) is 0 Å². The van der Waals surface area contributed by atoms with Crippen LogP contribution in [0.2, 0.25) is 0 Å². The first-order chi connectivity index (χ1) is 10.7. The minimum absolute atomic E-state index is 0.143. The number of hydrogen-bond acceptors (Lipinski definition) is 3. The zero-order valence-corrected chi connectivity index (χ0v) is 12.5. The summed E-state index contributed by atoms with van der Waals surface area (Å²) in [5.41, 5.74) is 2.44. The topological polar surface area (TPSA) is 67.0 Å². The molecule has 3 rings (SSSR count). The number of nitrogens with one attached hydrogen (secondary N) is 2. The maximum Gasteiger partial charge on any atom is 0.251 e. The molecule has 1 atom stereocenters. The van der Waals surface area contributed by atoms with Crippen molar-refractivity contribution in [3.05, 3.63) is 59.9 Å². The van der Waals surface area contributed by atoms with Gasteiger partial charge in [0, 0.05) is 5.56 Å². The molecular formula is C17H17N3O2. The number of hydrogen-bond donors (Lipinski definition) is 2. The zero-order chi connectivity index (χ0) is 15.5. The van der Waals surface area contributed by atoms with Crippen LogP contribution in [0.3, 0.4) is 0 Å². The van der Waals surface area contributed by atoms with Crippen LogP contribution in [-0.4, -0.2) is 23.0 Å². The van der Waals surface area contributed by atoms with Gasteiger partial charge in [0.2, 0.25) is 0 Å². The van der Waals surface area contributed by atoms with Crippen molar-refractivity contribution in [2.75, 3.05) is 7.11 Å². The molecule has 0 fully saturated rings. The molecule has 1 aromatic heterocycles. The number of aromatic amines is 1. The number of imidazole rings is 1. The maximum absolute atomic E-state index is 12.2. The van der Waals surface area contributed by atoms with Crippen molar-refractivity contribution >= 4 is 16.9 Å². The van der Waals surface area contributed by atoms with Crippen LogP contribution in [0, 0.1) is 0 Å². The summed E-state index contributed by atoms with van der Waals surface area (Å²) in [6.07, 6.45) is 0. The summed E-state index contributed by atoms with van der Waals surface area (Å²) in [4.78, 5) is 20.0. The number of fused-ring (bicyclic) bond motifs is 1. The maximum atomic E-state index is 12.2. The first-order valence-electron chi connectivity index (χ1n) is 7.07. The van der Waals surface area contributed by atoms with E-state index in [9.17, 15) is 4.79 Å². The van der Waals surface area contributed by atoms with Gasteiger partial charge >= 0.3 is 0 Å². The van der Waals surface area contributed by atoms with E-state index in [2.05, 4.69) is 15.3 Å². The minimum Gasteiger partial charge on any atom is -0.497 e. The summed E-state index contributed by atoms with van der Waals surface area (Å²) < 4.78 is 5.09. The van der Waals surface area contributed by atoms with Crippen LogP contribution in [0.4, 0.5) is 0 Å². The molecule has 3 aromatic rings. The fourth-order valence-corrected chi connectivity index (χ4v) is 2.27. The Hall–Kier alpha value is -2.82. The number of nitrogens with zero attached hydrogens (tertiary/aromatic N) is 1. The van der Waals surface area contributed by atoms with Crippen LogP contribution in [0.25, 0.3) is 11.0 Å². The normalized spacial score (nSPS) is 12.1. The number of rotatable bonds is 4. The van der Waals surface area contributed by atoms with Gasteiger partial charge in [0.15, 0.2) is 0 Å². The highest BCUT2D eigenvalue weighted by molar-refractivity contribution is 5.94. The van der Waals surface area contributed by atoms with Crippen LogP contribution < -0.4 is 10.1 Å². The Morgan fingerprint density at radius 1 is 1.18 bits per heavy atom. The number of carbonyl (C=O) groups excluding carboxylic acids is 1. The molecule has 2 aromatic carbocycles. The number of benzene rings is 2.